The van der Waals surface area contributed by atoms with E-state index in [9.17, 15) is 18.0 Å². The Morgan fingerprint density at radius 3 is 2.41 bits per heavy atom. The predicted molar refractivity (Wildman–Crippen MR) is 120 cm³/mol. The smallest absolute Gasteiger partial charge is 0.344 e. The van der Waals surface area contributed by atoms with Crippen molar-refractivity contribution in [3.05, 3.63) is 58.1 Å². The van der Waals surface area contributed by atoms with Crippen molar-refractivity contribution < 1.29 is 27.5 Å². The van der Waals surface area contributed by atoms with Crippen molar-refractivity contribution in [3.8, 4) is 5.75 Å². The van der Waals surface area contributed by atoms with Crippen molar-refractivity contribution in [2.24, 2.45) is 0 Å². The zero-order chi connectivity index (χ0) is 23.1. The Kier molecular flexibility index (Phi) is 8.36. The fourth-order valence-corrected chi connectivity index (χ4v) is 5.20. The summed E-state index contributed by atoms with van der Waals surface area (Å²) in [6.45, 7) is 0.554. The molecule has 1 aliphatic rings. The van der Waals surface area contributed by atoms with E-state index in [1.165, 1.54) is 22.5 Å². The molecule has 8 nitrogen and oxygen atoms in total. The van der Waals surface area contributed by atoms with E-state index in [-0.39, 0.29) is 35.2 Å². The van der Waals surface area contributed by atoms with Crippen LogP contribution >= 0.6 is 23.2 Å². The van der Waals surface area contributed by atoms with Gasteiger partial charge in [-0.05, 0) is 55.3 Å². The summed E-state index contributed by atoms with van der Waals surface area (Å²) in [5, 5.41) is 3.19. The third kappa shape index (κ3) is 6.35. The molecule has 32 heavy (non-hydrogen) atoms. The summed E-state index contributed by atoms with van der Waals surface area (Å²) < 4.78 is 37.2. The van der Waals surface area contributed by atoms with Crippen molar-refractivity contribution in [2.75, 3.05) is 32.8 Å². The SMILES string of the molecule is O=C(COc1ccc(Cl)cc1)OCCNC(=O)c1ccc(Cl)c(S(=O)(=O)N2CCCC2)c1. The zero-order valence-corrected chi connectivity index (χ0v) is 19.4. The lowest BCUT2D eigenvalue weighted by Gasteiger charge is -2.17. The summed E-state index contributed by atoms with van der Waals surface area (Å²) in [5.74, 6) is -0.630. The first-order valence-electron chi connectivity index (χ1n) is 9.89. The molecule has 0 aliphatic carbocycles. The van der Waals surface area contributed by atoms with Gasteiger partial charge >= 0.3 is 5.97 Å². The quantitative estimate of drug-likeness (QED) is 0.419. The molecule has 0 radical (unpaired) electrons. The Bertz CT molecular complexity index is 1070. The first-order chi connectivity index (χ1) is 15.3. The van der Waals surface area contributed by atoms with Gasteiger partial charge in [0.15, 0.2) is 6.61 Å². The topological polar surface area (TPSA) is 102 Å². The summed E-state index contributed by atoms with van der Waals surface area (Å²) in [4.78, 5) is 24.0. The molecule has 0 saturated carbocycles. The van der Waals surface area contributed by atoms with Gasteiger partial charge in [-0.15, -0.1) is 0 Å². The van der Waals surface area contributed by atoms with Crippen LogP contribution in [0.5, 0.6) is 5.75 Å². The number of carbonyl (C=O) groups excluding carboxylic acids is 2. The molecular weight excluding hydrogens is 479 g/mol. The molecule has 1 fully saturated rings. The van der Waals surface area contributed by atoms with E-state index < -0.39 is 21.9 Å². The number of nitrogens with zero attached hydrogens (tertiary/aromatic N) is 1. The van der Waals surface area contributed by atoms with Crippen LogP contribution < -0.4 is 10.1 Å². The highest BCUT2D eigenvalue weighted by Gasteiger charge is 2.29. The average Bonchev–Trinajstić information content (AvgIpc) is 3.32. The van der Waals surface area contributed by atoms with Crippen molar-refractivity contribution in [1.82, 2.24) is 9.62 Å². The minimum Gasteiger partial charge on any atom is -0.482 e. The summed E-state index contributed by atoms with van der Waals surface area (Å²) >= 11 is 11.9. The Morgan fingerprint density at radius 1 is 1.03 bits per heavy atom. The van der Waals surface area contributed by atoms with E-state index in [0.717, 1.165) is 12.8 Å². The number of ether oxygens (including phenoxy) is 2. The van der Waals surface area contributed by atoms with Crippen LogP contribution in [0, 0.1) is 0 Å². The highest BCUT2D eigenvalue weighted by Crippen LogP contribution is 2.28. The number of esters is 1. The minimum atomic E-state index is -3.76. The highest BCUT2D eigenvalue weighted by molar-refractivity contribution is 7.89. The van der Waals surface area contributed by atoms with Crippen molar-refractivity contribution in [2.45, 2.75) is 17.7 Å². The second-order valence-corrected chi connectivity index (χ2v) is 9.73. The molecule has 1 amide bonds. The number of benzene rings is 2. The highest BCUT2D eigenvalue weighted by atomic mass is 35.5. The number of hydrogen-bond donors (Lipinski definition) is 1. The number of halogens is 2. The molecule has 2 aromatic carbocycles. The van der Waals surface area contributed by atoms with Crippen LogP contribution in [-0.4, -0.2) is 57.4 Å². The van der Waals surface area contributed by atoms with Crippen LogP contribution in [0.4, 0.5) is 0 Å². The number of hydrogen-bond acceptors (Lipinski definition) is 6. The van der Waals surface area contributed by atoms with E-state index >= 15 is 0 Å². The van der Waals surface area contributed by atoms with Gasteiger partial charge in [-0.25, -0.2) is 13.2 Å². The fraction of sp³-hybridized carbons (Fsp3) is 0.333. The normalized spacial score (nSPS) is 14.2. The van der Waals surface area contributed by atoms with Gasteiger partial charge in [-0.3, -0.25) is 4.79 Å². The second kappa shape index (κ2) is 11.0. The Labute approximate surface area is 196 Å². The molecule has 1 heterocycles. The van der Waals surface area contributed by atoms with Crippen LogP contribution in [0.2, 0.25) is 10.0 Å². The minimum absolute atomic E-state index is 0.0440. The number of amides is 1. The molecule has 3 rings (SSSR count). The monoisotopic (exact) mass is 500 g/mol. The van der Waals surface area contributed by atoms with E-state index in [0.29, 0.717) is 23.9 Å². The third-order valence-corrected chi connectivity index (χ3v) is 7.33. The van der Waals surface area contributed by atoms with Crippen LogP contribution in [0.3, 0.4) is 0 Å². The van der Waals surface area contributed by atoms with E-state index in [4.69, 9.17) is 32.7 Å². The summed E-state index contributed by atoms with van der Waals surface area (Å²) in [6, 6.07) is 10.6. The molecule has 1 saturated heterocycles. The zero-order valence-electron chi connectivity index (χ0n) is 17.1. The molecule has 1 aliphatic heterocycles. The summed E-state index contributed by atoms with van der Waals surface area (Å²) in [5.41, 5.74) is 0.143. The Balaban J connectivity index is 1.47. The molecule has 1 N–H and O–H groups in total. The molecule has 172 valence electrons. The van der Waals surface area contributed by atoms with Crippen molar-refractivity contribution >= 4 is 45.1 Å². The Morgan fingerprint density at radius 2 is 1.72 bits per heavy atom. The van der Waals surface area contributed by atoms with Gasteiger partial charge in [0.2, 0.25) is 10.0 Å². The van der Waals surface area contributed by atoms with Crippen molar-refractivity contribution in [1.29, 1.82) is 0 Å². The third-order valence-electron chi connectivity index (χ3n) is 4.70. The van der Waals surface area contributed by atoms with Gasteiger partial charge < -0.3 is 14.8 Å². The molecule has 2 aromatic rings. The lowest BCUT2D eigenvalue weighted by molar-refractivity contribution is -0.145. The number of carbonyl (C=O) groups is 2. The fourth-order valence-electron chi connectivity index (χ4n) is 3.06. The van der Waals surface area contributed by atoms with Gasteiger partial charge in [-0.2, -0.15) is 4.31 Å². The van der Waals surface area contributed by atoms with E-state index in [2.05, 4.69) is 5.32 Å². The van der Waals surface area contributed by atoms with Gasteiger partial charge in [0.1, 0.15) is 17.3 Å². The van der Waals surface area contributed by atoms with Gasteiger partial charge in [-0.1, -0.05) is 23.2 Å². The molecular formula is C21H22Cl2N2O6S. The molecule has 0 unspecified atom stereocenters. The van der Waals surface area contributed by atoms with Crippen LogP contribution in [0.1, 0.15) is 23.2 Å². The maximum Gasteiger partial charge on any atom is 0.344 e. The lowest BCUT2D eigenvalue weighted by Crippen LogP contribution is -2.30. The molecule has 0 atom stereocenters. The van der Waals surface area contributed by atoms with Crippen LogP contribution in [0.25, 0.3) is 0 Å². The van der Waals surface area contributed by atoms with Gasteiger partial charge in [0.25, 0.3) is 5.91 Å². The molecule has 11 heteroatoms. The number of sulfonamides is 1. The van der Waals surface area contributed by atoms with Gasteiger partial charge in [0, 0.05) is 23.7 Å². The van der Waals surface area contributed by atoms with Gasteiger partial charge in [0.05, 0.1) is 11.6 Å². The first-order valence-corrected chi connectivity index (χ1v) is 12.1. The number of rotatable bonds is 9. The van der Waals surface area contributed by atoms with Crippen LogP contribution in [-0.2, 0) is 19.6 Å². The first kappa shape index (κ1) is 24.3. The second-order valence-electron chi connectivity index (χ2n) is 6.98. The van der Waals surface area contributed by atoms with Crippen LogP contribution in [0.15, 0.2) is 47.4 Å². The maximum absolute atomic E-state index is 12.8. The largest absolute Gasteiger partial charge is 0.482 e. The summed E-state index contributed by atoms with van der Waals surface area (Å²) in [6.07, 6.45) is 1.58. The maximum atomic E-state index is 12.8. The summed E-state index contributed by atoms with van der Waals surface area (Å²) in [7, 11) is -3.76. The Hall–Kier alpha value is -2.33. The molecule has 0 aromatic heterocycles. The van der Waals surface area contributed by atoms with E-state index in [1.54, 1.807) is 24.3 Å². The average molecular weight is 501 g/mol. The molecule has 0 bridgehead atoms. The standard InChI is InChI=1S/C21H22Cl2N2O6S/c22-16-4-6-17(7-5-16)31-14-20(26)30-12-9-24-21(27)15-3-8-18(23)19(13-15)32(28,29)25-10-1-2-11-25/h3-8,13H,1-2,9-12,14H2,(H,24,27). The lowest BCUT2D eigenvalue weighted by atomic mass is 10.2. The van der Waals surface area contributed by atoms with Crippen molar-refractivity contribution in [3.63, 3.8) is 0 Å². The number of nitrogens with one attached hydrogen (secondary N) is 1. The van der Waals surface area contributed by atoms with E-state index in [1.807, 2.05) is 0 Å². The predicted octanol–water partition coefficient (Wildman–Crippen LogP) is 3.13. The molecule has 0 spiro atoms.